The van der Waals surface area contributed by atoms with Crippen molar-refractivity contribution in [3.05, 3.63) is 46.2 Å². The van der Waals surface area contributed by atoms with Crippen LogP contribution in [-0.2, 0) is 0 Å². The second kappa shape index (κ2) is 6.11. The molecule has 1 fully saturated rings. The second-order valence-corrected chi connectivity index (χ2v) is 6.92. The topological polar surface area (TPSA) is 79.4 Å². The van der Waals surface area contributed by atoms with Crippen LogP contribution in [0.3, 0.4) is 0 Å². The number of alkyl halides is 3. The zero-order chi connectivity index (χ0) is 20.3. The number of hydrogen-bond donors (Lipinski definition) is 2. The van der Waals surface area contributed by atoms with Crippen molar-refractivity contribution in [2.24, 2.45) is 0 Å². The minimum Gasteiger partial charge on any atom is -0.404 e. The normalized spacial score (nSPS) is 16.2. The van der Waals surface area contributed by atoms with E-state index in [0.717, 1.165) is 6.07 Å². The van der Waals surface area contributed by atoms with E-state index in [1.54, 1.807) is 23.2 Å². The summed E-state index contributed by atoms with van der Waals surface area (Å²) in [4.78, 5) is 30.4. The molecule has 0 spiro atoms. The fourth-order valence-corrected chi connectivity index (χ4v) is 3.94. The quantitative estimate of drug-likeness (QED) is 0.536. The number of carbonyl (C=O) groups excluding carboxylic acids is 1. The Morgan fingerprint density at radius 2 is 1.86 bits per heavy atom. The fourth-order valence-electron chi connectivity index (χ4n) is 3.94. The molecule has 2 aromatic heterocycles. The summed E-state index contributed by atoms with van der Waals surface area (Å²) in [6, 6.07) is 5.94. The standard InChI is InChI=1S/C19H15F3N4O3/c20-19(21,22)29-14-8-10-11(9-13(14)25-6-3-23-4-7-25)24-16-12-2-1-5-26(12)18(28)15(16)17(10)27/h1-2,5,8-9,23H,3-4,6-7H2,(H,24,27). The molecule has 2 aliphatic heterocycles. The molecule has 0 unspecified atom stereocenters. The van der Waals surface area contributed by atoms with Gasteiger partial charge in [-0.25, -0.2) is 0 Å². The molecule has 0 bridgehead atoms. The van der Waals surface area contributed by atoms with Crippen molar-refractivity contribution in [2.45, 2.75) is 6.36 Å². The van der Waals surface area contributed by atoms with Crippen LogP contribution in [-0.4, -0.2) is 48.0 Å². The molecule has 5 rings (SSSR count). The Morgan fingerprint density at radius 3 is 2.59 bits per heavy atom. The maximum Gasteiger partial charge on any atom is 0.573 e. The number of H-pyrrole nitrogens is 1. The summed E-state index contributed by atoms with van der Waals surface area (Å²) in [5.74, 6) is -0.963. The van der Waals surface area contributed by atoms with Crippen LogP contribution < -0.4 is 20.4 Å². The number of rotatable bonds is 2. The number of aromatic amines is 1. The van der Waals surface area contributed by atoms with Gasteiger partial charge in [0.2, 0.25) is 5.43 Å². The van der Waals surface area contributed by atoms with Gasteiger partial charge in [0, 0.05) is 32.4 Å². The average Bonchev–Trinajstić information content (AvgIpc) is 3.25. The van der Waals surface area contributed by atoms with Crippen molar-refractivity contribution >= 4 is 22.5 Å². The number of nitrogens with one attached hydrogen (secondary N) is 2. The third-order valence-corrected chi connectivity index (χ3v) is 5.20. The maximum atomic E-state index is 13.0. The third-order valence-electron chi connectivity index (χ3n) is 5.20. The first kappa shape index (κ1) is 17.8. The average molecular weight is 404 g/mol. The van der Waals surface area contributed by atoms with Crippen molar-refractivity contribution < 1.29 is 22.7 Å². The summed E-state index contributed by atoms with van der Waals surface area (Å²) >= 11 is 0. The van der Waals surface area contributed by atoms with Crippen LogP contribution in [0.1, 0.15) is 10.4 Å². The van der Waals surface area contributed by atoms with Crippen molar-refractivity contribution in [2.75, 3.05) is 31.1 Å². The fraction of sp³-hybridized carbons (Fsp3) is 0.263. The minimum atomic E-state index is -4.91. The van der Waals surface area contributed by atoms with Crippen molar-refractivity contribution in [3.8, 4) is 17.1 Å². The summed E-state index contributed by atoms with van der Waals surface area (Å²) in [5, 5.41) is 3.12. The molecule has 1 saturated heterocycles. The van der Waals surface area contributed by atoms with Crippen LogP contribution in [0.4, 0.5) is 18.9 Å². The largest absolute Gasteiger partial charge is 0.573 e. The molecule has 29 heavy (non-hydrogen) atoms. The van der Waals surface area contributed by atoms with Crippen LogP contribution in [0.2, 0.25) is 0 Å². The molecule has 0 saturated carbocycles. The molecule has 4 heterocycles. The third kappa shape index (κ3) is 2.79. The lowest BCUT2D eigenvalue weighted by atomic mass is 10.1. The highest BCUT2D eigenvalue weighted by atomic mass is 19.4. The Labute approximate surface area is 161 Å². The molecule has 0 aliphatic carbocycles. The number of halogens is 3. The number of pyridine rings is 1. The predicted molar refractivity (Wildman–Crippen MR) is 99.5 cm³/mol. The summed E-state index contributed by atoms with van der Waals surface area (Å²) in [6.07, 6.45) is -3.37. The molecule has 0 radical (unpaired) electrons. The number of aromatic nitrogens is 2. The maximum absolute atomic E-state index is 13.0. The van der Waals surface area contributed by atoms with Gasteiger partial charge in [0.25, 0.3) is 5.91 Å². The molecule has 0 atom stereocenters. The van der Waals surface area contributed by atoms with Crippen LogP contribution in [0.5, 0.6) is 5.75 Å². The van der Waals surface area contributed by atoms with Crippen LogP contribution in [0, 0.1) is 0 Å². The molecule has 2 aliphatic rings. The van der Waals surface area contributed by atoms with E-state index in [4.69, 9.17) is 0 Å². The van der Waals surface area contributed by atoms with Gasteiger partial charge in [0.05, 0.1) is 28.0 Å². The molecule has 2 N–H and O–H groups in total. The van der Waals surface area contributed by atoms with E-state index in [-0.39, 0.29) is 16.6 Å². The van der Waals surface area contributed by atoms with Crippen molar-refractivity contribution in [1.82, 2.24) is 14.9 Å². The molecule has 1 aromatic carbocycles. The number of piperazine rings is 1. The van der Waals surface area contributed by atoms with Gasteiger partial charge in [-0.3, -0.25) is 14.2 Å². The Morgan fingerprint density at radius 1 is 1.10 bits per heavy atom. The van der Waals surface area contributed by atoms with Gasteiger partial charge in [-0.05, 0) is 24.3 Å². The molecule has 3 aromatic rings. The lowest BCUT2D eigenvalue weighted by Gasteiger charge is -2.31. The van der Waals surface area contributed by atoms with Crippen LogP contribution >= 0.6 is 0 Å². The van der Waals surface area contributed by atoms with E-state index >= 15 is 0 Å². The van der Waals surface area contributed by atoms with Crippen molar-refractivity contribution in [3.63, 3.8) is 0 Å². The van der Waals surface area contributed by atoms with E-state index in [2.05, 4.69) is 15.0 Å². The lowest BCUT2D eigenvalue weighted by Crippen LogP contribution is -2.43. The zero-order valence-electron chi connectivity index (χ0n) is 15.0. The van der Waals surface area contributed by atoms with E-state index < -0.39 is 23.4 Å². The second-order valence-electron chi connectivity index (χ2n) is 6.92. The first-order chi connectivity index (χ1) is 13.8. The smallest absolute Gasteiger partial charge is 0.404 e. The summed E-state index contributed by atoms with van der Waals surface area (Å²) in [6.45, 7) is 2.23. The zero-order valence-corrected chi connectivity index (χ0v) is 15.0. The van der Waals surface area contributed by atoms with Gasteiger partial charge in [0.1, 0.15) is 5.56 Å². The van der Waals surface area contributed by atoms with E-state index in [9.17, 15) is 22.8 Å². The highest BCUT2D eigenvalue weighted by molar-refractivity contribution is 6.10. The van der Waals surface area contributed by atoms with Crippen LogP contribution in [0.25, 0.3) is 22.3 Å². The number of benzene rings is 1. The van der Waals surface area contributed by atoms with Gasteiger partial charge in [0.15, 0.2) is 5.75 Å². The van der Waals surface area contributed by atoms with E-state index in [0.29, 0.717) is 43.1 Å². The van der Waals surface area contributed by atoms with Gasteiger partial charge >= 0.3 is 6.36 Å². The molecule has 150 valence electrons. The monoisotopic (exact) mass is 404 g/mol. The SMILES string of the molecule is O=C1c2c([nH]c3cc(N4CCNCC4)c(OC(F)(F)F)cc3c2=O)-c2cccn21. The van der Waals surface area contributed by atoms with E-state index in [1.165, 1.54) is 10.6 Å². The Kier molecular flexibility index (Phi) is 3.75. The highest BCUT2D eigenvalue weighted by Gasteiger charge is 2.35. The van der Waals surface area contributed by atoms with E-state index in [1.807, 2.05) is 0 Å². The van der Waals surface area contributed by atoms with Gasteiger partial charge in [-0.15, -0.1) is 13.2 Å². The summed E-state index contributed by atoms with van der Waals surface area (Å²) in [7, 11) is 0. The van der Waals surface area contributed by atoms with Crippen molar-refractivity contribution in [1.29, 1.82) is 0 Å². The number of hydrogen-bond acceptors (Lipinski definition) is 5. The lowest BCUT2D eigenvalue weighted by molar-refractivity contribution is -0.274. The molecular formula is C19H15F3N4O3. The predicted octanol–water partition coefficient (Wildman–Crippen LogP) is 2.31. The molecule has 7 nitrogen and oxygen atoms in total. The number of fused-ring (bicyclic) bond motifs is 4. The summed E-state index contributed by atoms with van der Waals surface area (Å²) in [5.41, 5.74) is 0.796. The first-order valence-electron chi connectivity index (χ1n) is 9.01. The minimum absolute atomic E-state index is 0.0269. The number of ether oxygens (including phenoxy) is 1. The molecular weight excluding hydrogens is 389 g/mol. The Balaban J connectivity index is 1.75. The van der Waals surface area contributed by atoms with Gasteiger partial charge in [-0.2, -0.15) is 0 Å². The summed E-state index contributed by atoms with van der Waals surface area (Å²) < 4.78 is 44.6. The van der Waals surface area contributed by atoms with Gasteiger partial charge < -0.3 is 19.9 Å². The Hall–Kier alpha value is -3.27. The Bertz CT molecular complexity index is 1210. The highest BCUT2D eigenvalue weighted by Crippen LogP contribution is 2.37. The first-order valence-corrected chi connectivity index (χ1v) is 9.01. The molecule has 0 amide bonds. The van der Waals surface area contributed by atoms with Gasteiger partial charge in [-0.1, -0.05) is 0 Å². The molecule has 10 heteroatoms. The number of nitrogens with zero attached hydrogens (tertiary/aromatic N) is 2. The number of carbonyl (C=O) groups is 1. The number of anilines is 1. The van der Waals surface area contributed by atoms with Crippen LogP contribution in [0.15, 0.2) is 35.3 Å².